The van der Waals surface area contributed by atoms with Crippen LogP contribution in [0.5, 0.6) is 5.75 Å². The smallest absolute Gasteiger partial charge is 0.222 e. The quantitative estimate of drug-likeness (QED) is 0.790. The molecule has 3 heterocycles. The van der Waals surface area contributed by atoms with Crippen LogP contribution in [0.25, 0.3) is 0 Å². The summed E-state index contributed by atoms with van der Waals surface area (Å²) in [5, 5.41) is 3.07. The van der Waals surface area contributed by atoms with Gasteiger partial charge in [-0.15, -0.1) is 0 Å². The predicted octanol–water partition coefficient (Wildman–Crippen LogP) is 3.55. The number of halogens is 2. The number of carbonyl (C=O) groups excluding carboxylic acids is 1. The summed E-state index contributed by atoms with van der Waals surface area (Å²) in [5.74, 6) is -0.976. The van der Waals surface area contributed by atoms with Gasteiger partial charge in [0.05, 0.1) is 18.8 Å². The highest BCUT2D eigenvalue weighted by molar-refractivity contribution is 5.77. The van der Waals surface area contributed by atoms with Crippen molar-refractivity contribution in [3.8, 4) is 5.75 Å². The van der Waals surface area contributed by atoms with Gasteiger partial charge in [-0.05, 0) is 43.2 Å². The van der Waals surface area contributed by atoms with E-state index in [0.717, 1.165) is 17.7 Å². The molecule has 0 radical (unpaired) electrons. The molecule has 1 N–H and O–H groups in total. The molecule has 3 aliphatic heterocycles. The molecule has 7 heteroatoms. The fraction of sp³-hybridized carbons (Fsp3) is 0.480. The summed E-state index contributed by atoms with van der Waals surface area (Å²) in [6, 6.07) is 10.1. The van der Waals surface area contributed by atoms with E-state index in [1.54, 1.807) is 0 Å². The van der Waals surface area contributed by atoms with E-state index in [9.17, 15) is 13.6 Å². The van der Waals surface area contributed by atoms with Crippen LogP contribution in [0.4, 0.5) is 8.78 Å². The minimum absolute atomic E-state index is 0.0184. The first-order chi connectivity index (χ1) is 15.2. The third-order valence-electron chi connectivity index (χ3n) is 6.72. The zero-order valence-electron chi connectivity index (χ0n) is 18.4. The summed E-state index contributed by atoms with van der Waals surface area (Å²) < 4.78 is 41.3. The zero-order valence-corrected chi connectivity index (χ0v) is 18.4. The number of hydrogen-bond acceptors (Lipinski definition) is 4. The van der Waals surface area contributed by atoms with Gasteiger partial charge in [0, 0.05) is 44.0 Å². The lowest BCUT2D eigenvalue weighted by molar-refractivity contribution is -0.122. The molecule has 2 atom stereocenters. The van der Waals surface area contributed by atoms with Gasteiger partial charge in [0.2, 0.25) is 5.91 Å². The summed E-state index contributed by atoms with van der Waals surface area (Å²) in [6.45, 7) is 6.15. The number of rotatable bonds is 3. The second-order valence-electron chi connectivity index (χ2n) is 9.85. The molecule has 170 valence electrons. The number of ether oxygens (including phenoxy) is 2. The molecule has 1 amide bonds. The summed E-state index contributed by atoms with van der Waals surface area (Å²) >= 11 is 0. The van der Waals surface area contributed by atoms with Crippen molar-refractivity contribution >= 4 is 5.91 Å². The molecule has 3 aliphatic rings. The SMILES string of the molecule is CC1(C)Cc2cc(CN3C[C@@H](c4c(F)cccc4F)[C@@]4(COCCC(=O)N4)C3)ccc2O1. The van der Waals surface area contributed by atoms with Gasteiger partial charge in [0.1, 0.15) is 23.0 Å². The number of fused-ring (bicyclic) bond motifs is 1. The van der Waals surface area contributed by atoms with Crippen molar-refractivity contribution in [2.24, 2.45) is 0 Å². The monoisotopic (exact) mass is 442 g/mol. The standard InChI is InChI=1S/C25H28F2N2O3/c1-24(2)11-17-10-16(6-7-21(17)32-24)12-29-13-18(23-19(26)4-3-5-20(23)27)25(14-29)15-31-9-8-22(30)28-25/h3-7,10,18H,8-9,11-15H2,1-2H3,(H,28,30)/t18-,25-/m0/s1. The number of amides is 1. The molecule has 1 spiro atoms. The van der Waals surface area contributed by atoms with Crippen LogP contribution >= 0.6 is 0 Å². The lowest BCUT2D eigenvalue weighted by atomic mass is 9.81. The van der Waals surface area contributed by atoms with Crippen molar-refractivity contribution in [3.05, 3.63) is 64.7 Å². The Hall–Kier alpha value is -2.51. The highest BCUT2D eigenvalue weighted by Gasteiger charge is 2.51. The first-order valence-electron chi connectivity index (χ1n) is 11.1. The molecule has 5 nitrogen and oxygen atoms in total. The molecule has 32 heavy (non-hydrogen) atoms. The van der Waals surface area contributed by atoms with Crippen molar-refractivity contribution in [1.29, 1.82) is 0 Å². The van der Waals surface area contributed by atoms with Crippen molar-refractivity contribution < 1.29 is 23.0 Å². The van der Waals surface area contributed by atoms with E-state index in [2.05, 4.69) is 30.1 Å². The number of likely N-dealkylation sites (tertiary alicyclic amines) is 1. The van der Waals surface area contributed by atoms with E-state index in [1.165, 1.54) is 23.8 Å². The van der Waals surface area contributed by atoms with E-state index in [1.807, 2.05) is 12.1 Å². The lowest BCUT2D eigenvalue weighted by Crippen LogP contribution is -2.55. The largest absolute Gasteiger partial charge is 0.487 e. The van der Waals surface area contributed by atoms with Crippen LogP contribution in [0.1, 0.15) is 42.9 Å². The molecule has 2 aromatic rings. The third-order valence-corrected chi connectivity index (χ3v) is 6.72. The molecular formula is C25H28F2N2O3. The number of nitrogens with zero attached hydrogens (tertiary/aromatic N) is 1. The van der Waals surface area contributed by atoms with Crippen molar-refractivity contribution in [3.63, 3.8) is 0 Å². The number of hydrogen-bond donors (Lipinski definition) is 1. The Morgan fingerprint density at radius 1 is 1.19 bits per heavy atom. The third kappa shape index (κ3) is 3.88. The van der Waals surface area contributed by atoms with Gasteiger partial charge < -0.3 is 14.8 Å². The van der Waals surface area contributed by atoms with Crippen LogP contribution in [0.2, 0.25) is 0 Å². The first-order valence-corrected chi connectivity index (χ1v) is 11.1. The first kappa shape index (κ1) is 21.3. The molecule has 0 saturated carbocycles. The van der Waals surface area contributed by atoms with Crippen LogP contribution < -0.4 is 10.1 Å². The average Bonchev–Trinajstić information content (AvgIpc) is 3.12. The Morgan fingerprint density at radius 2 is 1.97 bits per heavy atom. The topological polar surface area (TPSA) is 50.8 Å². The van der Waals surface area contributed by atoms with Gasteiger partial charge in [0.15, 0.2) is 0 Å². The molecule has 0 unspecified atom stereocenters. The second-order valence-corrected chi connectivity index (χ2v) is 9.85. The molecule has 2 saturated heterocycles. The van der Waals surface area contributed by atoms with Gasteiger partial charge in [-0.1, -0.05) is 18.2 Å². The molecular weight excluding hydrogens is 414 g/mol. The van der Waals surface area contributed by atoms with Gasteiger partial charge in [-0.25, -0.2) is 8.78 Å². The molecule has 5 rings (SSSR count). The van der Waals surface area contributed by atoms with Crippen LogP contribution in [-0.2, 0) is 22.5 Å². The molecule has 0 aromatic heterocycles. The van der Waals surface area contributed by atoms with Crippen molar-refractivity contribution in [1.82, 2.24) is 10.2 Å². The van der Waals surface area contributed by atoms with Crippen LogP contribution in [-0.4, -0.2) is 48.3 Å². The average molecular weight is 443 g/mol. The number of benzene rings is 2. The van der Waals surface area contributed by atoms with Crippen molar-refractivity contribution in [2.45, 2.75) is 50.3 Å². The maximum absolute atomic E-state index is 14.8. The summed E-state index contributed by atoms with van der Waals surface area (Å²) in [5.41, 5.74) is 1.21. The molecule has 0 bridgehead atoms. The fourth-order valence-electron chi connectivity index (χ4n) is 5.43. The van der Waals surface area contributed by atoms with E-state index in [0.29, 0.717) is 26.2 Å². The van der Waals surface area contributed by atoms with E-state index in [-0.39, 0.29) is 30.1 Å². The van der Waals surface area contributed by atoms with Crippen LogP contribution in [0.15, 0.2) is 36.4 Å². The van der Waals surface area contributed by atoms with Gasteiger partial charge in [-0.3, -0.25) is 9.69 Å². The lowest BCUT2D eigenvalue weighted by Gasteiger charge is -2.34. The molecule has 2 aromatic carbocycles. The van der Waals surface area contributed by atoms with E-state index < -0.39 is 23.1 Å². The predicted molar refractivity (Wildman–Crippen MR) is 116 cm³/mol. The highest BCUT2D eigenvalue weighted by Crippen LogP contribution is 2.41. The van der Waals surface area contributed by atoms with Crippen LogP contribution in [0, 0.1) is 11.6 Å². The Morgan fingerprint density at radius 3 is 2.75 bits per heavy atom. The van der Waals surface area contributed by atoms with E-state index >= 15 is 0 Å². The fourth-order valence-corrected chi connectivity index (χ4v) is 5.43. The minimum atomic E-state index is -0.877. The Kier molecular flexibility index (Phi) is 5.21. The van der Waals surface area contributed by atoms with Crippen LogP contribution in [0.3, 0.4) is 0 Å². The van der Waals surface area contributed by atoms with Gasteiger partial charge >= 0.3 is 0 Å². The molecule has 0 aliphatic carbocycles. The van der Waals surface area contributed by atoms with Crippen molar-refractivity contribution in [2.75, 3.05) is 26.3 Å². The Labute approximate surface area is 186 Å². The molecule has 2 fully saturated rings. The maximum Gasteiger partial charge on any atom is 0.222 e. The number of carbonyl (C=O) groups is 1. The Bertz CT molecular complexity index is 1040. The summed E-state index contributed by atoms with van der Waals surface area (Å²) in [4.78, 5) is 14.6. The Balaban J connectivity index is 1.45. The highest BCUT2D eigenvalue weighted by atomic mass is 19.1. The normalized spacial score (nSPS) is 27.1. The minimum Gasteiger partial charge on any atom is -0.487 e. The maximum atomic E-state index is 14.8. The summed E-state index contributed by atoms with van der Waals surface area (Å²) in [6.07, 6.45) is 1.09. The zero-order chi connectivity index (χ0) is 22.5. The number of nitrogens with one attached hydrogen (secondary N) is 1. The second kappa shape index (κ2) is 7.81. The van der Waals surface area contributed by atoms with Gasteiger partial charge in [0.25, 0.3) is 0 Å². The summed E-state index contributed by atoms with van der Waals surface area (Å²) in [7, 11) is 0. The van der Waals surface area contributed by atoms with Gasteiger partial charge in [-0.2, -0.15) is 0 Å². The van der Waals surface area contributed by atoms with E-state index in [4.69, 9.17) is 9.47 Å².